The van der Waals surface area contributed by atoms with Crippen LogP contribution in [0.5, 0.6) is 5.75 Å². The normalized spacial score (nSPS) is 11.3. The standard InChI is InChI=1S/C19H16BrN3O2/c1-25-16-5-3-2-4-12(16)8-9-23-11-21-17-14-10-13(20)6-7-15(14)22-18(17)19(23)24/h2-7,10-11,22H,8-9H2,1H3. The molecule has 126 valence electrons. The molecule has 0 fully saturated rings. The van der Waals surface area contributed by atoms with Crippen molar-refractivity contribution >= 4 is 37.9 Å². The summed E-state index contributed by atoms with van der Waals surface area (Å²) < 4.78 is 7.97. The van der Waals surface area contributed by atoms with E-state index in [1.54, 1.807) is 18.0 Å². The molecule has 0 saturated heterocycles. The Bertz CT molecular complexity index is 1130. The van der Waals surface area contributed by atoms with Gasteiger partial charge in [0.15, 0.2) is 0 Å². The highest BCUT2D eigenvalue weighted by atomic mass is 79.9. The van der Waals surface area contributed by atoms with Crippen LogP contribution >= 0.6 is 15.9 Å². The lowest BCUT2D eigenvalue weighted by Gasteiger charge is -2.09. The fraction of sp³-hybridized carbons (Fsp3) is 0.158. The number of aryl methyl sites for hydroxylation is 2. The first-order valence-electron chi connectivity index (χ1n) is 7.95. The second-order valence-electron chi connectivity index (χ2n) is 5.84. The number of ether oxygens (including phenoxy) is 1. The molecule has 4 rings (SSSR count). The zero-order valence-corrected chi connectivity index (χ0v) is 15.2. The van der Waals surface area contributed by atoms with Crippen LogP contribution in [0.15, 0.2) is 58.1 Å². The minimum absolute atomic E-state index is 0.0628. The third-order valence-electron chi connectivity index (χ3n) is 4.35. The monoisotopic (exact) mass is 397 g/mol. The number of aromatic amines is 1. The number of para-hydroxylation sites is 1. The molecule has 2 aromatic heterocycles. The molecule has 0 aliphatic carbocycles. The first-order valence-corrected chi connectivity index (χ1v) is 8.75. The van der Waals surface area contributed by atoms with E-state index < -0.39 is 0 Å². The van der Waals surface area contributed by atoms with Crippen molar-refractivity contribution in [3.63, 3.8) is 0 Å². The summed E-state index contributed by atoms with van der Waals surface area (Å²) in [6.07, 6.45) is 2.32. The van der Waals surface area contributed by atoms with E-state index in [1.807, 2.05) is 42.5 Å². The molecule has 0 bridgehead atoms. The van der Waals surface area contributed by atoms with Gasteiger partial charge in [-0.05, 0) is 36.2 Å². The number of rotatable bonds is 4. The SMILES string of the molecule is COc1ccccc1CCn1cnc2c([nH]c3ccc(Br)cc32)c1=O. The zero-order valence-electron chi connectivity index (χ0n) is 13.6. The van der Waals surface area contributed by atoms with Gasteiger partial charge in [-0.15, -0.1) is 0 Å². The van der Waals surface area contributed by atoms with Crippen LogP contribution in [0.4, 0.5) is 0 Å². The summed E-state index contributed by atoms with van der Waals surface area (Å²) in [6.45, 7) is 0.543. The molecule has 5 nitrogen and oxygen atoms in total. The second-order valence-corrected chi connectivity index (χ2v) is 6.76. The van der Waals surface area contributed by atoms with E-state index in [2.05, 4.69) is 25.9 Å². The summed E-state index contributed by atoms with van der Waals surface area (Å²) in [6, 6.07) is 13.7. The molecule has 0 unspecified atom stereocenters. The number of fused-ring (bicyclic) bond motifs is 3. The van der Waals surface area contributed by atoms with E-state index in [9.17, 15) is 4.79 Å². The molecular formula is C19H16BrN3O2. The highest BCUT2D eigenvalue weighted by Crippen LogP contribution is 2.25. The molecule has 2 heterocycles. The minimum atomic E-state index is -0.0628. The van der Waals surface area contributed by atoms with Crippen LogP contribution < -0.4 is 10.3 Å². The van der Waals surface area contributed by atoms with E-state index in [0.717, 1.165) is 26.7 Å². The molecular weight excluding hydrogens is 382 g/mol. The average Bonchev–Trinajstić information content (AvgIpc) is 3.00. The van der Waals surface area contributed by atoms with Crippen molar-refractivity contribution in [1.29, 1.82) is 0 Å². The van der Waals surface area contributed by atoms with Crippen LogP contribution in [-0.2, 0) is 13.0 Å². The molecule has 25 heavy (non-hydrogen) atoms. The van der Waals surface area contributed by atoms with E-state index in [1.165, 1.54) is 0 Å². The van der Waals surface area contributed by atoms with Gasteiger partial charge in [0.1, 0.15) is 16.8 Å². The van der Waals surface area contributed by atoms with Crippen molar-refractivity contribution in [2.75, 3.05) is 7.11 Å². The Morgan fingerprint density at radius 3 is 2.92 bits per heavy atom. The maximum absolute atomic E-state index is 12.8. The van der Waals surface area contributed by atoms with Gasteiger partial charge in [0, 0.05) is 21.9 Å². The number of aromatic nitrogens is 3. The Balaban J connectivity index is 1.72. The van der Waals surface area contributed by atoms with Crippen molar-refractivity contribution in [3.8, 4) is 5.75 Å². The molecule has 0 radical (unpaired) electrons. The number of halogens is 1. The average molecular weight is 398 g/mol. The lowest BCUT2D eigenvalue weighted by molar-refractivity contribution is 0.408. The van der Waals surface area contributed by atoms with Crippen LogP contribution in [0.1, 0.15) is 5.56 Å². The summed E-state index contributed by atoms with van der Waals surface area (Å²) in [5.41, 5.74) is 3.15. The summed E-state index contributed by atoms with van der Waals surface area (Å²) in [7, 11) is 1.65. The topological polar surface area (TPSA) is 59.9 Å². The minimum Gasteiger partial charge on any atom is -0.496 e. The van der Waals surface area contributed by atoms with Crippen LogP contribution in [0.25, 0.3) is 21.9 Å². The largest absolute Gasteiger partial charge is 0.496 e. The van der Waals surface area contributed by atoms with Crippen LogP contribution in [0, 0.1) is 0 Å². The summed E-state index contributed by atoms with van der Waals surface area (Å²) >= 11 is 3.46. The first kappa shape index (κ1) is 15.9. The van der Waals surface area contributed by atoms with Crippen molar-refractivity contribution in [2.24, 2.45) is 0 Å². The van der Waals surface area contributed by atoms with Gasteiger partial charge in [0.25, 0.3) is 5.56 Å². The molecule has 0 aliphatic heterocycles. The molecule has 0 aliphatic rings. The van der Waals surface area contributed by atoms with Crippen molar-refractivity contribution in [3.05, 3.63) is 69.2 Å². The van der Waals surface area contributed by atoms with Gasteiger partial charge in [-0.2, -0.15) is 0 Å². The summed E-state index contributed by atoms with van der Waals surface area (Å²) in [5, 5.41) is 0.943. The Kier molecular flexibility index (Phi) is 4.05. The highest BCUT2D eigenvalue weighted by molar-refractivity contribution is 9.10. The zero-order chi connectivity index (χ0) is 17.4. The van der Waals surface area contributed by atoms with E-state index in [-0.39, 0.29) is 5.56 Å². The predicted octanol–water partition coefficient (Wildman–Crippen LogP) is 3.89. The molecule has 2 aromatic carbocycles. The number of nitrogens with zero attached hydrogens (tertiary/aromatic N) is 2. The summed E-state index contributed by atoms with van der Waals surface area (Å²) in [4.78, 5) is 20.5. The smallest absolute Gasteiger partial charge is 0.277 e. The van der Waals surface area contributed by atoms with Crippen molar-refractivity contribution in [1.82, 2.24) is 14.5 Å². The number of hydrogen-bond acceptors (Lipinski definition) is 3. The maximum atomic E-state index is 12.8. The number of H-pyrrole nitrogens is 1. The lowest BCUT2D eigenvalue weighted by Crippen LogP contribution is -2.21. The van der Waals surface area contributed by atoms with Gasteiger partial charge >= 0.3 is 0 Å². The van der Waals surface area contributed by atoms with E-state index in [4.69, 9.17) is 4.74 Å². The molecule has 6 heteroatoms. The van der Waals surface area contributed by atoms with Crippen LogP contribution in [0.3, 0.4) is 0 Å². The predicted molar refractivity (Wildman–Crippen MR) is 102 cm³/mol. The van der Waals surface area contributed by atoms with E-state index in [0.29, 0.717) is 24.0 Å². The van der Waals surface area contributed by atoms with Crippen molar-refractivity contribution in [2.45, 2.75) is 13.0 Å². The number of methoxy groups -OCH3 is 1. The number of nitrogens with one attached hydrogen (secondary N) is 1. The molecule has 0 spiro atoms. The lowest BCUT2D eigenvalue weighted by atomic mass is 10.1. The molecule has 0 amide bonds. The van der Waals surface area contributed by atoms with Crippen LogP contribution in [0.2, 0.25) is 0 Å². The number of benzene rings is 2. The quantitative estimate of drug-likeness (QED) is 0.568. The Morgan fingerprint density at radius 1 is 1.24 bits per heavy atom. The molecule has 4 aromatic rings. The van der Waals surface area contributed by atoms with Gasteiger partial charge < -0.3 is 9.72 Å². The van der Waals surface area contributed by atoms with Gasteiger partial charge in [-0.25, -0.2) is 4.98 Å². The molecule has 0 atom stereocenters. The Labute approximate surface area is 152 Å². The third-order valence-corrected chi connectivity index (χ3v) is 4.84. The van der Waals surface area contributed by atoms with Crippen molar-refractivity contribution < 1.29 is 4.74 Å². The van der Waals surface area contributed by atoms with E-state index >= 15 is 0 Å². The summed E-state index contributed by atoms with van der Waals surface area (Å²) in [5.74, 6) is 0.833. The fourth-order valence-corrected chi connectivity index (χ4v) is 3.43. The maximum Gasteiger partial charge on any atom is 0.277 e. The molecule has 0 saturated carbocycles. The second kappa shape index (κ2) is 6.37. The van der Waals surface area contributed by atoms with Crippen LogP contribution in [-0.4, -0.2) is 21.6 Å². The number of hydrogen-bond donors (Lipinski definition) is 1. The fourth-order valence-electron chi connectivity index (χ4n) is 3.07. The third kappa shape index (κ3) is 2.82. The Morgan fingerprint density at radius 2 is 2.08 bits per heavy atom. The van der Waals surface area contributed by atoms with Gasteiger partial charge in [-0.3, -0.25) is 9.36 Å². The van der Waals surface area contributed by atoms with Gasteiger partial charge in [-0.1, -0.05) is 34.1 Å². The molecule has 1 N–H and O–H groups in total. The van der Waals surface area contributed by atoms with Gasteiger partial charge in [0.05, 0.1) is 13.4 Å². The highest BCUT2D eigenvalue weighted by Gasteiger charge is 2.11. The first-order chi connectivity index (χ1) is 12.2. The Hall–Kier alpha value is -2.60. The van der Waals surface area contributed by atoms with Gasteiger partial charge in [0.2, 0.25) is 0 Å².